The summed E-state index contributed by atoms with van der Waals surface area (Å²) in [5.74, 6) is 2.35. The highest BCUT2D eigenvalue weighted by atomic mass is 32.1. The van der Waals surface area contributed by atoms with Gasteiger partial charge in [-0.05, 0) is 35.8 Å². The van der Waals surface area contributed by atoms with Gasteiger partial charge in [-0.2, -0.15) is 4.37 Å². The summed E-state index contributed by atoms with van der Waals surface area (Å²) in [6.45, 7) is 3.11. The first-order chi connectivity index (χ1) is 13.3. The van der Waals surface area contributed by atoms with Gasteiger partial charge in [-0.25, -0.2) is 0 Å². The zero-order valence-electron chi connectivity index (χ0n) is 14.7. The SMILES string of the molecule is O=C([C@H]1COc2ccccc2O1)N1CCN(c2nsc3ccccc23)CC1. The van der Waals surface area contributed by atoms with Gasteiger partial charge in [0, 0.05) is 31.6 Å². The summed E-state index contributed by atoms with van der Waals surface area (Å²) in [6, 6.07) is 15.7. The second-order valence-corrected chi connectivity index (χ2v) is 7.48. The maximum Gasteiger partial charge on any atom is 0.267 e. The zero-order valence-corrected chi connectivity index (χ0v) is 15.5. The number of hydrogen-bond acceptors (Lipinski definition) is 6. The Bertz CT molecular complexity index is 981. The summed E-state index contributed by atoms with van der Waals surface area (Å²) in [5, 5.41) is 1.18. The van der Waals surface area contributed by atoms with E-state index in [1.165, 1.54) is 21.6 Å². The fraction of sp³-hybridized carbons (Fsp3) is 0.300. The molecule has 0 aliphatic carbocycles. The van der Waals surface area contributed by atoms with Crippen LogP contribution in [-0.2, 0) is 4.79 Å². The lowest BCUT2D eigenvalue weighted by molar-refractivity contribution is -0.141. The van der Waals surface area contributed by atoms with Crippen LogP contribution in [0.2, 0.25) is 0 Å². The highest BCUT2D eigenvalue weighted by molar-refractivity contribution is 7.13. The van der Waals surface area contributed by atoms with Crippen molar-refractivity contribution >= 4 is 33.3 Å². The quantitative estimate of drug-likeness (QED) is 0.683. The highest BCUT2D eigenvalue weighted by Gasteiger charge is 2.33. The molecule has 1 fully saturated rings. The second-order valence-electron chi connectivity index (χ2n) is 6.68. The molecule has 7 heteroatoms. The summed E-state index contributed by atoms with van der Waals surface area (Å²) < 4.78 is 17.4. The van der Waals surface area contributed by atoms with Crippen molar-refractivity contribution in [1.29, 1.82) is 0 Å². The van der Waals surface area contributed by atoms with Crippen molar-refractivity contribution in [2.75, 3.05) is 37.7 Å². The Kier molecular flexibility index (Phi) is 4.09. The Hall–Kier alpha value is -2.80. The number of carbonyl (C=O) groups excluding carboxylic acids is 1. The van der Waals surface area contributed by atoms with Crippen molar-refractivity contribution in [2.24, 2.45) is 0 Å². The minimum absolute atomic E-state index is 0.00714. The van der Waals surface area contributed by atoms with Crippen molar-refractivity contribution in [3.8, 4) is 11.5 Å². The smallest absolute Gasteiger partial charge is 0.267 e. The van der Waals surface area contributed by atoms with Gasteiger partial charge in [0.15, 0.2) is 11.5 Å². The molecule has 1 amide bonds. The van der Waals surface area contributed by atoms with Gasteiger partial charge in [0.25, 0.3) is 5.91 Å². The maximum absolute atomic E-state index is 12.9. The molecule has 3 aromatic rings. The molecule has 2 aromatic carbocycles. The zero-order chi connectivity index (χ0) is 18.2. The van der Waals surface area contributed by atoms with Crippen LogP contribution in [0.4, 0.5) is 5.82 Å². The number of para-hydroxylation sites is 2. The molecule has 3 heterocycles. The molecule has 0 unspecified atom stereocenters. The average molecular weight is 381 g/mol. The van der Waals surface area contributed by atoms with Crippen LogP contribution in [0.5, 0.6) is 11.5 Å². The van der Waals surface area contributed by atoms with Crippen LogP contribution in [0.25, 0.3) is 10.1 Å². The molecule has 1 aromatic heterocycles. The molecule has 27 heavy (non-hydrogen) atoms. The number of aromatic nitrogens is 1. The van der Waals surface area contributed by atoms with Crippen LogP contribution in [0.3, 0.4) is 0 Å². The highest BCUT2D eigenvalue weighted by Crippen LogP contribution is 2.32. The lowest BCUT2D eigenvalue weighted by atomic mass is 10.2. The number of anilines is 1. The van der Waals surface area contributed by atoms with E-state index in [0.29, 0.717) is 24.6 Å². The molecule has 0 radical (unpaired) electrons. The first-order valence-corrected chi connectivity index (χ1v) is 9.83. The number of fused-ring (bicyclic) bond motifs is 2. The van der Waals surface area contributed by atoms with Gasteiger partial charge in [0.1, 0.15) is 12.4 Å². The predicted molar refractivity (Wildman–Crippen MR) is 105 cm³/mol. The number of rotatable bonds is 2. The van der Waals surface area contributed by atoms with Crippen molar-refractivity contribution in [3.63, 3.8) is 0 Å². The summed E-state index contributed by atoms with van der Waals surface area (Å²) in [4.78, 5) is 17.0. The molecule has 1 atom stereocenters. The van der Waals surface area contributed by atoms with E-state index >= 15 is 0 Å². The summed E-state index contributed by atoms with van der Waals surface area (Å²) in [6.07, 6.45) is -0.577. The minimum atomic E-state index is -0.577. The van der Waals surface area contributed by atoms with E-state index in [2.05, 4.69) is 21.4 Å². The molecule has 0 N–H and O–H groups in total. The normalized spacial score (nSPS) is 19.3. The number of nitrogens with zero attached hydrogens (tertiary/aromatic N) is 3. The Labute approximate surface area is 161 Å². The van der Waals surface area contributed by atoms with E-state index < -0.39 is 6.10 Å². The maximum atomic E-state index is 12.9. The molecule has 2 aliphatic heterocycles. The van der Waals surface area contributed by atoms with Crippen LogP contribution >= 0.6 is 11.5 Å². The van der Waals surface area contributed by atoms with Gasteiger partial charge in [-0.1, -0.05) is 24.3 Å². The van der Waals surface area contributed by atoms with Gasteiger partial charge >= 0.3 is 0 Å². The van der Waals surface area contributed by atoms with Crippen LogP contribution < -0.4 is 14.4 Å². The number of hydrogen-bond donors (Lipinski definition) is 0. The van der Waals surface area contributed by atoms with Gasteiger partial charge in [-0.3, -0.25) is 4.79 Å². The third-order valence-corrected chi connectivity index (χ3v) is 5.85. The summed E-state index contributed by atoms with van der Waals surface area (Å²) in [7, 11) is 0. The average Bonchev–Trinajstić information content (AvgIpc) is 3.17. The third-order valence-electron chi connectivity index (χ3n) is 5.03. The summed E-state index contributed by atoms with van der Waals surface area (Å²) >= 11 is 1.52. The van der Waals surface area contributed by atoms with Gasteiger partial charge in [0.2, 0.25) is 6.10 Å². The molecule has 2 aliphatic rings. The number of amides is 1. The Morgan fingerprint density at radius 3 is 2.59 bits per heavy atom. The number of carbonyl (C=O) groups is 1. The Morgan fingerprint density at radius 2 is 1.74 bits per heavy atom. The van der Waals surface area contributed by atoms with Crippen LogP contribution in [-0.4, -0.2) is 54.1 Å². The Balaban J connectivity index is 1.25. The standard InChI is InChI=1S/C20H19N3O3S/c24-20(17-13-25-15-6-2-3-7-16(15)26-17)23-11-9-22(10-12-23)19-14-5-1-4-8-18(14)27-21-19/h1-8,17H,9-13H2/t17-/m1/s1. The fourth-order valence-corrected chi connectivity index (χ4v) is 4.38. The lowest BCUT2D eigenvalue weighted by Gasteiger charge is -2.37. The van der Waals surface area contributed by atoms with Crippen LogP contribution in [0, 0.1) is 0 Å². The van der Waals surface area contributed by atoms with Gasteiger partial charge in [-0.15, -0.1) is 0 Å². The number of ether oxygens (including phenoxy) is 2. The van der Waals surface area contributed by atoms with Crippen LogP contribution in [0.15, 0.2) is 48.5 Å². The van der Waals surface area contributed by atoms with E-state index in [9.17, 15) is 4.79 Å². The molecular weight excluding hydrogens is 362 g/mol. The topological polar surface area (TPSA) is 54.9 Å². The van der Waals surface area contributed by atoms with Gasteiger partial charge < -0.3 is 19.3 Å². The molecule has 138 valence electrons. The van der Waals surface area contributed by atoms with Crippen molar-refractivity contribution in [2.45, 2.75) is 6.10 Å². The first kappa shape index (κ1) is 16.4. The molecule has 1 saturated heterocycles. The monoisotopic (exact) mass is 381 g/mol. The number of benzene rings is 2. The molecule has 0 saturated carbocycles. The van der Waals surface area contributed by atoms with E-state index in [-0.39, 0.29) is 12.5 Å². The second kappa shape index (κ2) is 6.74. The number of piperazine rings is 1. The van der Waals surface area contributed by atoms with Crippen molar-refractivity contribution in [3.05, 3.63) is 48.5 Å². The van der Waals surface area contributed by atoms with Crippen molar-refractivity contribution < 1.29 is 14.3 Å². The van der Waals surface area contributed by atoms with Gasteiger partial charge in [0.05, 0.1) is 4.70 Å². The van der Waals surface area contributed by atoms with E-state index in [4.69, 9.17) is 9.47 Å². The molecule has 0 bridgehead atoms. The first-order valence-electron chi connectivity index (χ1n) is 9.06. The van der Waals surface area contributed by atoms with E-state index in [0.717, 1.165) is 18.9 Å². The molecule has 5 rings (SSSR count). The van der Waals surface area contributed by atoms with Crippen molar-refractivity contribution in [1.82, 2.24) is 9.27 Å². The van der Waals surface area contributed by atoms with Crippen LogP contribution in [0.1, 0.15) is 0 Å². The van der Waals surface area contributed by atoms with E-state index in [1.807, 2.05) is 41.3 Å². The molecule has 6 nitrogen and oxygen atoms in total. The fourth-order valence-electron chi connectivity index (χ4n) is 3.58. The van der Waals surface area contributed by atoms with E-state index in [1.54, 1.807) is 0 Å². The molecular formula is C20H19N3O3S. The predicted octanol–water partition coefficient (Wildman–Crippen LogP) is 2.78. The molecule has 0 spiro atoms. The third kappa shape index (κ3) is 2.98. The summed E-state index contributed by atoms with van der Waals surface area (Å²) in [5.41, 5.74) is 0. The Morgan fingerprint density at radius 1 is 1.00 bits per heavy atom. The lowest BCUT2D eigenvalue weighted by Crippen LogP contribution is -2.54. The minimum Gasteiger partial charge on any atom is -0.485 e. The largest absolute Gasteiger partial charge is 0.485 e.